The Morgan fingerprint density at radius 2 is 1.12 bits per heavy atom. The van der Waals surface area contributed by atoms with Crippen LogP contribution in [0, 0.1) is 5.41 Å². The zero-order chi connectivity index (χ0) is 23.8. The number of carbonyl (C=O) groups is 4. The third kappa shape index (κ3) is 5.33. The third-order valence-electron chi connectivity index (χ3n) is 4.45. The fraction of sp³-hybridized carbons (Fsp3) is 0.0870. The lowest BCUT2D eigenvalue weighted by Crippen LogP contribution is -2.28. The lowest BCUT2D eigenvalue weighted by atomic mass is 9.94. The van der Waals surface area contributed by atoms with E-state index < -0.39 is 23.6 Å². The van der Waals surface area contributed by atoms with Gasteiger partial charge < -0.3 is 22.1 Å². The maximum Gasteiger partial charge on any atom is 0.252 e. The molecule has 0 aliphatic rings. The Labute approximate surface area is 184 Å². The Morgan fingerprint density at radius 1 is 0.750 bits per heavy atom. The molecule has 9 nitrogen and oxygen atoms in total. The zero-order valence-corrected chi connectivity index (χ0v) is 17.2. The smallest absolute Gasteiger partial charge is 0.252 e. The van der Waals surface area contributed by atoms with Crippen LogP contribution in [0.15, 0.2) is 61.7 Å². The molecule has 0 radical (unpaired) electrons. The van der Waals surface area contributed by atoms with Gasteiger partial charge >= 0.3 is 0 Å². The van der Waals surface area contributed by atoms with E-state index in [2.05, 4.69) is 23.8 Å². The molecule has 32 heavy (non-hydrogen) atoms. The van der Waals surface area contributed by atoms with E-state index in [1.54, 1.807) is 0 Å². The first-order valence-corrected chi connectivity index (χ1v) is 9.46. The van der Waals surface area contributed by atoms with E-state index in [9.17, 15) is 19.2 Å². The van der Waals surface area contributed by atoms with E-state index in [4.69, 9.17) is 16.9 Å². The molecule has 2 aromatic carbocycles. The summed E-state index contributed by atoms with van der Waals surface area (Å²) in [4.78, 5) is 48.4. The minimum Gasteiger partial charge on any atom is -0.366 e. The molecule has 0 bridgehead atoms. The second-order valence-electron chi connectivity index (χ2n) is 6.62. The van der Waals surface area contributed by atoms with Crippen LogP contribution in [0.25, 0.3) is 0 Å². The summed E-state index contributed by atoms with van der Waals surface area (Å²) in [5.74, 6) is -2.69. The molecule has 0 heterocycles. The largest absolute Gasteiger partial charge is 0.366 e. The molecular weight excluding hydrogens is 410 g/mol. The molecule has 0 saturated carbocycles. The molecular formula is C23H23N5O4. The topological polar surface area (TPSA) is 168 Å². The molecule has 0 saturated heterocycles. The van der Waals surface area contributed by atoms with Gasteiger partial charge in [0, 0.05) is 24.2 Å². The SMILES string of the molecule is C=CCNC(=O)c1cc(C(=N)c2ccc(C(N)=O)c(C(=O)NCC=C)c2)ccc1C(N)=O. The summed E-state index contributed by atoms with van der Waals surface area (Å²) in [6.45, 7) is 7.39. The van der Waals surface area contributed by atoms with Gasteiger partial charge in [-0.1, -0.05) is 24.3 Å². The fourth-order valence-electron chi connectivity index (χ4n) is 2.89. The van der Waals surface area contributed by atoms with E-state index in [0.717, 1.165) is 0 Å². The number of nitrogens with two attached hydrogens (primary N) is 2. The van der Waals surface area contributed by atoms with Crippen LogP contribution in [0.4, 0.5) is 0 Å². The monoisotopic (exact) mass is 433 g/mol. The molecule has 0 unspecified atom stereocenters. The maximum atomic E-state index is 12.5. The van der Waals surface area contributed by atoms with E-state index in [1.807, 2.05) is 0 Å². The van der Waals surface area contributed by atoms with Gasteiger partial charge in [-0.25, -0.2) is 0 Å². The Morgan fingerprint density at radius 3 is 1.44 bits per heavy atom. The third-order valence-corrected chi connectivity index (χ3v) is 4.45. The Hall–Kier alpha value is -4.53. The maximum absolute atomic E-state index is 12.5. The number of hydrogen-bond donors (Lipinski definition) is 5. The summed E-state index contributed by atoms with van der Waals surface area (Å²) >= 11 is 0. The number of primary amides is 2. The number of hydrogen-bond acceptors (Lipinski definition) is 5. The van der Waals surface area contributed by atoms with Crippen LogP contribution in [-0.2, 0) is 0 Å². The number of benzene rings is 2. The summed E-state index contributed by atoms with van der Waals surface area (Å²) in [5, 5.41) is 13.7. The highest BCUT2D eigenvalue weighted by Crippen LogP contribution is 2.19. The van der Waals surface area contributed by atoms with Crippen LogP contribution in [0.3, 0.4) is 0 Å². The number of rotatable bonds is 10. The van der Waals surface area contributed by atoms with Gasteiger partial charge in [0.15, 0.2) is 0 Å². The molecule has 0 aliphatic heterocycles. The molecule has 2 rings (SSSR count). The molecule has 4 amide bonds. The number of nitrogens with one attached hydrogen (secondary N) is 3. The van der Waals surface area contributed by atoms with Crippen LogP contribution >= 0.6 is 0 Å². The number of carbonyl (C=O) groups excluding carboxylic acids is 4. The Balaban J connectivity index is 2.52. The molecule has 2 aromatic rings. The van der Waals surface area contributed by atoms with E-state index in [0.29, 0.717) is 11.1 Å². The highest BCUT2D eigenvalue weighted by molar-refractivity contribution is 6.16. The van der Waals surface area contributed by atoms with Gasteiger partial charge in [-0.05, 0) is 24.3 Å². The Bertz CT molecular complexity index is 1050. The fourth-order valence-corrected chi connectivity index (χ4v) is 2.89. The van der Waals surface area contributed by atoms with Crippen LogP contribution in [0.5, 0.6) is 0 Å². The second kappa shape index (κ2) is 10.5. The van der Waals surface area contributed by atoms with Crippen molar-refractivity contribution in [1.29, 1.82) is 5.41 Å². The van der Waals surface area contributed by atoms with Crippen molar-refractivity contribution in [2.24, 2.45) is 11.5 Å². The summed E-state index contributed by atoms with van der Waals surface area (Å²) in [6, 6.07) is 8.36. The van der Waals surface area contributed by atoms with Gasteiger partial charge in [-0.3, -0.25) is 24.6 Å². The van der Waals surface area contributed by atoms with Crippen molar-refractivity contribution in [3.63, 3.8) is 0 Å². The van der Waals surface area contributed by atoms with Crippen molar-refractivity contribution in [2.45, 2.75) is 0 Å². The summed E-state index contributed by atoms with van der Waals surface area (Å²) in [6.07, 6.45) is 2.96. The van der Waals surface area contributed by atoms with Crippen LogP contribution in [0.1, 0.15) is 52.6 Å². The number of amides is 4. The predicted octanol–water partition coefficient (Wildman–Crippen LogP) is 1.13. The highest BCUT2D eigenvalue weighted by Gasteiger charge is 2.20. The molecule has 0 atom stereocenters. The van der Waals surface area contributed by atoms with Gasteiger partial charge in [0.1, 0.15) is 0 Å². The van der Waals surface area contributed by atoms with Gasteiger partial charge in [0.2, 0.25) is 11.8 Å². The first kappa shape index (κ1) is 23.7. The summed E-state index contributed by atoms with van der Waals surface area (Å²) in [7, 11) is 0. The van der Waals surface area contributed by atoms with Crippen molar-refractivity contribution in [3.8, 4) is 0 Å². The molecule has 9 heteroatoms. The molecule has 0 aliphatic carbocycles. The van der Waals surface area contributed by atoms with Crippen LogP contribution < -0.4 is 22.1 Å². The van der Waals surface area contributed by atoms with Crippen molar-refractivity contribution in [1.82, 2.24) is 10.6 Å². The van der Waals surface area contributed by atoms with Crippen LogP contribution in [0.2, 0.25) is 0 Å². The minimum atomic E-state index is -0.793. The van der Waals surface area contributed by atoms with Crippen molar-refractivity contribution < 1.29 is 19.2 Å². The molecule has 0 fully saturated rings. The molecule has 164 valence electrons. The summed E-state index contributed by atoms with van der Waals surface area (Å²) in [5.41, 5.74) is 11.3. The van der Waals surface area contributed by atoms with Gasteiger partial charge in [0.25, 0.3) is 11.8 Å². The molecule has 7 N–H and O–H groups in total. The lowest BCUT2D eigenvalue weighted by molar-refractivity contribution is 0.0938. The van der Waals surface area contributed by atoms with Gasteiger partial charge in [0.05, 0.1) is 28.0 Å². The zero-order valence-electron chi connectivity index (χ0n) is 17.2. The standard InChI is InChI=1S/C23H23N5O4/c1-3-9-27-22(31)17-11-13(5-7-15(17)20(25)29)19(24)14-6-8-16(21(26)30)18(12-14)23(32)28-10-4-2/h3-8,11-12,24H,1-2,9-10H2,(H2,25,29)(H2,26,30)(H,27,31)(H,28,32). The lowest BCUT2D eigenvalue weighted by Gasteiger charge is -2.13. The van der Waals surface area contributed by atoms with Gasteiger partial charge in [-0.15, -0.1) is 13.2 Å². The van der Waals surface area contributed by atoms with Crippen LogP contribution in [-0.4, -0.2) is 42.4 Å². The quantitative estimate of drug-likeness (QED) is 0.280. The molecule has 0 spiro atoms. The first-order chi connectivity index (χ1) is 15.2. The van der Waals surface area contributed by atoms with Crippen molar-refractivity contribution in [2.75, 3.05) is 13.1 Å². The Kier molecular flexibility index (Phi) is 7.78. The van der Waals surface area contributed by atoms with E-state index in [-0.39, 0.29) is 41.1 Å². The summed E-state index contributed by atoms with van der Waals surface area (Å²) < 4.78 is 0. The average Bonchev–Trinajstić information content (AvgIpc) is 2.79. The second-order valence-corrected chi connectivity index (χ2v) is 6.62. The molecule has 0 aromatic heterocycles. The first-order valence-electron chi connectivity index (χ1n) is 9.46. The van der Waals surface area contributed by atoms with Crippen molar-refractivity contribution >= 4 is 29.3 Å². The normalized spacial score (nSPS) is 10.0. The van der Waals surface area contributed by atoms with Gasteiger partial charge in [-0.2, -0.15) is 0 Å². The average molecular weight is 433 g/mol. The predicted molar refractivity (Wildman–Crippen MR) is 121 cm³/mol. The van der Waals surface area contributed by atoms with E-state index in [1.165, 1.54) is 48.6 Å². The highest BCUT2D eigenvalue weighted by atomic mass is 16.2. The van der Waals surface area contributed by atoms with E-state index >= 15 is 0 Å². The van der Waals surface area contributed by atoms with Crippen molar-refractivity contribution in [3.05, 3.63) is 95.1 Å². The minimum absolute atomic E-state index is 0.000643.